The molecule has 4 aromatic rings. The van der Waals surface area contributed by atoms with Crippen molar-refractivity contribution in [2.24, 2.45) is 0 Å². The summed E-state index contributed by atoms with van der Waals surface area (Å²) >= 11 is 0. The quantitative estimate of drug-likeness (QED) is 0.310. The van der Waals surface area contributed by atoms with Gasteiger partial charge in [-0.05, 0) is 31.2 Å². The Morgan fingerprint density at radius 2 is 2.00 bits per heavy atom. The fourth-order valence-electron chi connectivity index (χ4n) is 4.50. The Bertz CT molecular complexity index is 1490. The number of para-hydroxylation sites is 1. The van der Waals surface area contributed by atoms with E-state index >= 15 is 0 Å². The Balaban J connectivity index is 1.53. The standard InChI is InChI=1S/C27H27N5O4/c1-16(33)24-25(23-15-28-12-13-35-23)19-9-8-17(14-22(19)36-26(24)34)30-27-29-11-10-20(31-27)18-6-4-5-7-21(18)32(2)3/h4-11,14,23,28H,12-13,15H2,1-3H3,(H,29,30,31). The van der Waals surface area contributed by atoms with Crippen molar-refractivity contribution in [1.29, 1.82) is 0 Å². The Kier molecular flexibility index (Phi) is 6.49. The number of hydrogen-bond acceptors (Lipinski definition) is 9. The van der Waals surface area contributed by atoms with Crippen molar-refractivity contribution in [3.63, 3.8) is 0 Å². The van der Waals surface area contributed by atoms with Crippen LogP contribution in [0.25, 0.3) is 22.2 Å². The molecule has 0 bridgehead atoms. The van der Waals surface area contributed by atoms with Crippen LogP contribution in [0, 0.1) is 0 Å². The summed E-state index contributed by atoms with van der Waals surface area (Å²) in [6.45, 7) is 3.09. The predicted molar refractivity (Wildman–Crippen MR) is 139 cm³/mol. The van der Waals surface area contributed by atoms with Crippen LogP contribution in [-0.4, -0.2) is 49.5 Å². The molecule has 0 saturated carbocycles. The number of carbonyl (C=O) groups excluding carboxylic acids is 1. The number of morpholine rings is 1. The van der Waals surface area contributed by atoms with Crippen molar-refractivity contribution < 1.29 is 13.9 Å². The first-order valence-electron chi connectivity index (χ1n) is 11.7. The van der Waals surface area contributed by atoms with Gasteiger partial charge in [0.2, 0.25) is 5.95 Å². The summed E-state index contributed by atoms with van der Waals surface area (Å²) in [4.78, 5) is 36.2. The summed E-state index contributed by atoms with van der Waals surface area (Å²) in [5.41, 5.74) is 3.73. The zero-order valence-electron chi connectivity index (χ0n) is 20.4. The number of aromatic nitrogens is 2. The normalized spacial score (nSPS) is 15.6. The largest absolute Gasteiger partial charge is 0.422 e. The third kappa shape index (κ3) is 4.58. The van der Waals surface area contributed by atoms with Crippen LogP contribution in [0.1, 0.15) is 28.9 Å². The van der Waals surface area contributed by atoms with Crippen LogP contribution in [0.2, 0.25) is 0 Å². The minimum absolute atomic E-state index is 0.0347. The molecule has 0 radical (unpaired) electrons. The molecule has 0 amide bonds. The Morgan fingerprint density at radius 1 is 1.17 bits per heavy atom. The first-order valence-corrected chi connectivity index (χ1v) is 11.7. The molecule has 1 fully saturated rings. The highest BCUT2D eigenvalue weighted by molar-refractivity contribution is 6.00. The molecule has 36 heavy (non-hydrogen) atoms. The molecule has 0 aliphatic carbocycles. The van der Waals surface area contributed by atoms with Gasteiger partial charge >= 0.3 is 5.63 Å². The number of ether oxygens (including phenoxy) is 1. The van der Waals surface area contributed by atoms with Gasteiger partial charge in [-0.15, -0.1) is 0 Å². The molecule has 9 heteroatoms. The summed E-state index contributed by atoms with van der Waals surface area (Å²) in [7, 11) is 3.98. The molecule has 9 nitrogen and oxygen atoms in total. The van der Waals surface area contributed by atoms with E-state index < -0.39 is 11.7 Å². The average Bonchev–Trinajstić information content (AvgIpc) is 2.88. The smallest absolute Gasteiger partial charge is 0.347 e. The fourth-order valence-corrected chi connectivity index (χ4v) is 4.50. The van der Waals surface area contributed by atoms with E-state index in [1.54, 1.807) is 12.3 Å². The van der Waals surface area contributed by atoms with Crippen LogP contribution in [0.4, 0.5) is 17.3 Å². The van der Waals surface area contributed by atoms with E-state index in [-0.39, 0.29) is 11.3 Å². The maximum Gasteiger partial charge on any atom is 0.347 e. The second-order valence-electron chi connectivity index (χ2n) is 8.81. The number of nitrogens with one attached hydrogen (secondary N) is 2. The van der Waals surface area contributed by atoms with Crippen molar-refractivity contribution in [2.45, 2.75) is 13.0 Å². The molecule has 184 valence electrons. The van der Waals surface area contributed by atoms with Crippen molar-refractivity contribution in [3.8, 4) is 11.3 Å². The van der Waals surface area contributed by atoms with E-state index in [4.69, 9.17) is 14.1 Å². The number of hydrogen-bond donors (Lipinski definition) is 2. The molecule has 0 spiro atoms. The predicted octanol–water partition coefficient (Wildman–Crippen LogP) is 3.92. The van der Waals surface area contributed by atoms with Crippen LogP contribution in [0.15, 0.2) is 63.9 Å². The summed E-state index contributed by atoms with van der Waals surface area (Å²) in [6, 6.07) is 15.3. The number of rotatable bonds is 6. The maximum absolute atomic E-state index is 12.8. The van der Waals surface area contributed by atoms with Crippen LogP contribution >= 0.6 is 0 Å². The zero-order chi connectivity index (χ0) is 25.2. The third-order valence-corrected chi connectivity index (χ3v) is 6.12. The lowest BCUT2D eigenvalue weighted by Gasteiger charge is -2.26. The molecule has 2 aromatic heterocycles. The molecule has 1 unspecified atom stereocenters. The van der Waals surface area contributed by atoms with E-state index in [1.807, 2.05) is 61.5 Å². The molecule has 1 atom stereocenters. The van der Waals surface area contributed by atoms with Gasteiger partial charge in [0.25, 0.3) is 0 Å². The highest BCUT2D eigenvalue weighted by Crippen LogP contribution is 2.32. The fraction of sp³-hybridized carbons (Fsp3) is 0.259. The number of fused-ring (bicyclic) bond motifs is 1. The van der Waals surface area contributed by atoms with Gasteiger partial charge in [0.05, 0.1) is 18.4 Å². The number of Topliss-reactive ketones (excluding diaryl/α,β-unsaturated/α-hetero) is 1. The van der Waals surface area contributed by atoms with Crippen molar-refractivity contribution in [2.75, 3.05) is 44.0 Å². The molecular weight excluding hydrogens is 458 g/mol. The van der Waals surface area contributed by atoms with Gasteiger partial charge in [-0.2, -0.15) is 0 Å². The van der Waals surface area contributed by atoms with Gasteiger partial charge < -0.3 is 24.7 Å². The minimum atomic E-state index is -0.671. The Hall–Kier alpha value is -4.08. The topological polar surface area (TPSA) is 110 Å². The number of anilines is 3. The van der Waals surface area contributed by atoms with Gasteiger partial charge in [-0.3, -0.25) is 4.79 Å². The third-order valence-electron chi connectivity index (χ3n) is 6.12. The van der Waals surface area contributed by atoms with E-state index in [9.17, 15) is 9.59 Å². The number of benzene rings is 2. The molecule has 1 aliphatic heterocycles. The molecular formula is C27H27N5O4. The Labute approximate surface area is 208 Å². The van der Waals surface area contributed by atoms with E-state index in [1.165, 1.54) is 6.92 Å². The van der Waals surface area contributed by atoms with Gasteiger partial charge in [-0.25, -0.2) is 14.8 Å². The second-order valence-corrected chi connectivity index (χ2v) is 8.81. The monoisotopic (exact) mass is 485 g/mol. The minimum Gasteiger partial charge on any atom is -0.422 e. The SMILES string of the molecule is CC(=O)c1c(C2CNCCO2)c2ccc(Nc3nccc(-c4ccccc4N(C)C)n3)cc2oc1=O. The highest BCUT2D eigenvalue weighted by Gasteiger charge is 2.27. The van der Waals surface area contributed by atoms with Crippen LogP contribution in [-0.2, 0) is 4.74 Å². The lowest BCUT2D eigenvalue weighted by atomic mass is 9.96. The Morgan fingerprint density at radius 3 is 2.75 bits per heavy atom. The molecule has 5 rings (SSSR count). The average molecular weight is 486 g/mol. The lowest BCUT2D eigenvalue weighted by molar-refractivity contribution is 0.0277. The second kappa shape index (κ2) is 9.88. The van der Waals surface area contributed by atoms with Crippen molar-refractivity contribution >= 4 is 34.1 Å². The molecule has 2 aromatic carbocycles. The van der Waals surface area contributed by atoms with Crippen LogP contribution < -0.4 is 21.2 Å². The van der Waals surface area contributed by atoms with Crippen LogP contribution in [0.5, 0.6) is 0 Å². The molecule has 1 saturated heterocycles. The number of nitrogens with zero attached hydrogens (tertiary/aromatic N) is 3. The first kappa shape index (κ1) is 23.7. The van der Waals surface area contributed by atoms with E-state index in [0.29, 0.717) is 41.3 Å². The van der Waals surface area contributed by atoms with Crippen molar-refractivity contribution in [3.05, 3.63) is 76.3 Å². The van der Waals surface area contributed by atoms with Gasteiger partial charge in [-0.1, -0.05) is 18.2 Å². The van der Waals surface area contributed by atoms with Gasteiger partial charge in [0.15, 0.2) is 5.78 Å². The molecule has 3 heterocycles. The summed E-state index contributed by atoms with van der Waals surface area (Å²) in [5.74, 6) is 0.0587. The van der Waals surface area contributed by atoms with Crippen molar-refractivity contribution in [1.82, 2.24) is 15.3 Å². The van der Waals surface area contributed by atoms with E-state index in [0.717, 1.165) is 23.5 Å². The molecule has 2 N–H and O–H groups in total. The number of carbonyl (C=O) groups is 1. The highest BCUT2D eigenvalue weighted by atomic mass is 16.5. The summed E-state index contributed by atoms with van der Waals surface area (Å²) in [6.07, 6.45) is 1.28. The lowest BCUT2D eigenvalue weighted by Crippen LogP contribution is -2.35. The first-order chi connectivity index (χ1) is 17.4. The maximum atomic E-state index is 12.8. The van der Waals surface area contributed by atoms with E-state index in [2.05, 4.69) is 15.6 Å². The van der Waals surface area contributed by atoms with Gasteiger partial charge in [0, 0.05) is 67.3 Å². The molecule has 1 aliphatic rings. The zero-order valence-corrected chi connectivity index (χ0v) is 20.4. The van der Waals surface area contributed by atoms with Gasteiger partial charge in [0.1, 0.15) is 11.1 Å². The summed E-state index contributed by atoms with van der Waals surface area (Å²) in [5, 5.41) is 7.12. The summed E-state index contributed by atoms with van der Waals surface area (Å²) < 4.78 is 11.5. The number of ketones is 1. The van der Waals surface area contributed by atoms with Crippen LogP contribution in [0.3, 0.4) is 0 Å².